The summed E-state index contributed by atoms with van der Waals surface area (Å²) in [7, 11) is 0. The van der Waals surface area contributed by atoms with Gasteiger partial charge < -0.3 is 13.9 Å². The van der Waals surface area contributed by atoms with Crippen molar-refractivity contribution in [2.24, 2.45) is 0 Å². The summed E-state index contributed by atoms with van der Waals surface area (Å²) in [5.74, 6) is 0. The zero-order chi connectivity index (χ0) is 49.4. The van der Waals surface area contributed by atoms with Crippen molar-refractivity contribution in [3.05, 3.63) is 279 Å². The monoisotopic (exact) mass is 954 g/mol. The van der Waals surface area contributed by atoms with Crippen molar-refractivity contribution in [2.75, 3.05) is 4.90 Å². The SMILES string of the molecule is c1cc(-c2ccc(N(c3ccc(-c4cccc(-n5c6ccccc6c6ccccc65)c4)cc3)c3ccccc3-c3cccc4c3oc3c5ccccc5ccc43)cc2)cc(-c2ccc3ccc4ccccc4c3c2)c1. The highest BCUT2D eigenvalue weighted by Crippen LogP contribution is 2.46. The van der Waals surface area contributed by atoms with Crippen molar-refractivity contribution in [2.45, 2.75) is 0 Å². The molecule has 75 heavy (non-hydrogen) atoms. The van der Waals surface area contributed by atoms with Gasteiger partial charge in [-0.15, -0.1) is 0 Å². The fraction of sp³-hybridized carbons (Fsp3) is 0. The van der Waals surface area contributed by atoms with E-state index < -0.39 is 0 Å². The van der Waals surface area contributed by atoms with Crippen LogP contribution in [0.15, 0.2) is 283 Å². The maximum Gasteiger partial charge on any atom is 0.143 e. The molecule has 350 valence electrons. The normalized spacial score (nSPS) is 11.7. The molecule has 0 atom stereocenters. The minimum atomic E-state index is 0.879. The van der Waals surface area contributed by atoms with Crippen LogP contribution in [0.2, 0.25) is 0 Å². The number of aromatic nitrogens is 1. The Morgan fingerprint density at radius 3 is 1.45 bits per heavy atom. The molecule has 0 aliphatic carbocycles. The minimum Gasteiger partial charge on any atom is -0.455 e. The van der Waals surface area contributed by atoms with Crippen LogP contribution in [-0.4, -0.2) is 4.57 Å². The fourth-order valence-electron chi connectivity index (χ4n) is 11.8. The Balaban J connectivity index is 0.842. The Morgan fingerprint density at radius 1 is 0.267 bits per heavy atom. The number of rotatable bonds is 8. The lowest BCUT2D eigenvalue weighted by Gasteiger charge is -2.28. The van der Waals surface area contributed by atoms with Gasteiger partial charge in [0.25, 0.3) is 0 Å². The topological polar surface area (TPSA) is 21.3 Å². The predicted octanol–water partition coefficient (Wildman–Crippen LogP) is 20.3. The van der Waals surface area contributed by atoms with Gasteiger partial charge in [-0.25, -0.2) is 0 Å². The molecule has 3 nitrogen and oxygen atoms in total. The summed E-state index contributed by atoms with van der Waals surface area (Å²) >= 11 is 0. The average Bonchev–Trinajstić information content (AvgIpc) is 4.05. The van der Waals surface area contributed by atoms with Crippen molar-refractivity contribution in [3.8, 4) is 50.2 Å². The number of para-hydroxylation sites is 4. The third-order valence-electron chi connectivity index (χ3n) is 15.4. The number of fused-ring (bicyclic) bond motifs is 11. The van der Waals surface area contributed by atoms with Gasteiger partial charge in [0.1, 0.15) is 11.2 Å². The summed E-state index contributed by atoms with van der Waals surface area (Å²) in [6.45, 7) is 0. The minimum absolute atomic E-state index is 0.879. The highest BCUT2D eigenvalue weighted by atomic mass is 16.3. The largest absolute Gasteiger partial charge is 0.455 e. The van der Waals surface area contributed by atoms with Crippen LogP contribution in [0.1, 0.15) is 0 Å². The van der Waals surface area contributed by atoms with Crippen LogP contribution in [0.5, 0.6) is 0 Å². The van der Waals surface area contributed by atoms with E-state index in [-0.39, 0.29) is 0 Å². The molecule has 0 amide bonds. The first-order chi connectivity index (χ1) is 37.2. The Hall–Kier alpha value is -9.96. The van der Waals surface area contributed by atoms with Crippen LogP contribution in [0.25, 0.3) is 126 Å². The number of anilines is 3. The summed E-state index contributed by atoms with van der Waals surface area (Å²) in [4.78, 5) is 2.39. The predicted molar refractivity (Wildman–Crippen MR) is 317 cm³/mol. The molecule has 0 saturated heterocycles. The smallest absolute Gasteiger partial charge is 0.143 e. The second kappa shape index (κ2) is 17.4. The van der Waals surface area contributed by atoms with Crippen LogP contribution >= 0.6 is 0 Å². The first kappa shape index (κ1) is 42.7. The standard InChI is InChI=1S/C72H46N2O/c1-3-20-59-49(14-1)30-31-51-32-33-55(46-67(51)59)53-17-11-16-52(44-53)47-34-39-56(40-35-47)73(68-27-8-7-24-63(68)64-25-13-26-65-66-43-38-50-15-2-4-21-60(50)71(66)75-72(64)65)57-41-36-48(37-42-57)54-18-12-19-58(45-54)74-69-28-9-5-22-61(69)62-23-6-10-29-70(62)74/h1-46H. The molecule has 3 heteroatoms. The van der Waals surface area contributed by atoms with E-state index in [9.17, 15) is 0 Å². The number of benzene rings is 13. The molecule has 0 unspecified atom stereocenters. The molecule has 0 spiro atoms. The van der Waals surface area contributed by atoms with Gasteiger partial charge in [0.15, 0.2) is 0 Å². The zero-order valence-corrected chi connectivity index (χ0v) is 40.9. The first-order valence-corrected chi connectivity index (χ1v) is 25.7. The van der Waals surface area contributed by atoms with Crippen molar-refractivity contribution in [1.82, 2.24) is 4.57 Å². The molecule has 0 saturated carbocycles. The molecule has 0 fully saturated rings. The summed E-state index contributed by atoms with van der Waals surface area (Å²) in [5.41, 5.74) is 17.6. The van der Waals surface area contributed by atoms with Crippen molar-refractivity contribution >= 4 is 93.1 Å². The van der Waals surface area contributed by atoms with Crippen molar-refractivity contribution in [3.63, 3.8) is 0 Å². The third-order valence-corrected chi connectivity index (χ3v) is 15.4. The molecule has 0 radical (unpaired) electrons. The highest BCUT2D eigenvalue weighted by molar-refractivity contribution is 6.18. The molecule has 2 heterocycles. The molecule has 0 bridgehead atoms. The molecule has 2 aromatic heterocycles. The Kier molecular flexibility index (Phi) is 9.89. The van der Waals surface area contributed by atoms with Gasteiger partial charge in [0.2, 0.25) is 0 Å². The lowest BCUT2D eigenvalue weighted by Crippen LogP contribution is -2.11. The van der Waals surface area contributed by atoms with Gasteiger partial charge >= 0.3 is 0 Å². The van der Waals surface area contributed by atoms with Crippen molar-refractivity contribution in [1.29, 1.82) is 0 Å². The second-order valence-corrected chi connectivity index (χ2v) is 19.6. The maximum absolute atomic E-state index is 6.97. The average molecular weight is 955 g/mol. The van der Waals surface area contributed by atoms with Gasteiger partial charge in [-0.3, -0.25) is 0 Å². The third kappa shape index (κ3) is 7.12. The van der Waals surface area contributed by atoms with E-state index in [4.69, 9.17) is 4.42 Å². The van der Waals surface area contributed by atoms with E-state index >= 15 is 0 Å². The number of nitrogens with zero attached hydrogens (tertiary/aromatic N) is 2. The summed E-state index contributed by atoms with van der Waals surface area (Å²) in [6.07, 6.45) is 0. The van der Waals surface area contributed by atoms with E-state index in [1.54, 1.807) is 0 Å². The zero-order valence-electron chi connectivity index (χ0n) is 40.9. The summed E-state index contributed by atoms with van der Waals surface area (Å²) < 4.78 is 9.36. The van der Waals surface area contributed by atoms with Gasteiger partial charge in [0, 0.05) is 55.1 Å². The van der Waals surface area contributed by atoms with Crippen LogP contribution < -0.4 is 4.90 Å². The Labute approximate surface area is 434 Å². The number of hydrogen-bond donors (Lipinski definition) is 0. The van der Waals surface area contributed by atoms with E-state index in [2.05, 4.69) is 289 Å². The lowest BCUT2D eigenvalue weighted by molar-refractivity contribution is 0.674. The number of furan rings is 1. The second-order valence-electron chi connectivity index (χ2n) is 19.6. The summed E-state index contributed by atoms with van der Waals surface area (Å²) in [5, 5.41) is 12.1. The molecule has 15 rings (SSSR count). The molecular weight excluding hydrogens is 909 g/mol. The van der Waals surface area contributed by atoms with Gasteiger partial charge in [-0.1, -0.05) is 206 Å². The van der Waals surface area contributed by atoms with Crippen LogP contribution in [-0.2, 0) is 0 Å². The number of hydrogen-bond acceptors (Lipinski definition) is 2. The quantitative estimate of drug-likeness (QED) is 0.142. The molecular formula is C72H46N2O. The van der Waals surface area contributed by atoms with Crippen LogP contribution in [0.3, 0.4) is 0 Å². The Bertz CT molecular complexity index is 4660. The van der Waals surface area contributed by atoms with Gasteiger partial charge in [0.05, 0.1) is 16.7 Å². The first-order valence-electron chi connectivity index (χ1n) is 25.7. The molecule has 13 aromatic carbocycles. The molecule has 15 aromatic rings. The lowest BCUT2D eigenvalue weighted by atomic mass is 9.95. The van der Waals surface area contributed by atoms with E-state index in [0.29, 0.717) is 0 Å². The highest BCUT2D eigenvalue weighted by Gasteiger charge is 2.22. The Morgan fingerprint density at radius 2 is 0.733 bits per heavy atom. The van der Waals surface area contributed by atoms with E-state index in [0.717, 1.165) is 83.3 Å². The fourth-order valence-corrected chi connectivity index (χ4v) is 11.8. The van der Waals surface area contributed by atoms with Crippen molar-refractivity contribution < 1.29 is 4.42 Å². The van der Waals surface area contributed by atoms with E-state index in [1.165, 1.54) is 60.0 Å². The molecule has 0 N–H and O–H groups in total. The maximum atomic E-state index is 6.97. The van der Waals surface area contributed by atoms with E-state index in [1.807, 2.05) is 0 Å². The van der Waals surface area contributed by atoms with Gasteiger partial charge in [-0.2, -0.15) is 0 Å². The van der Waals surface area contributed by atoms with Crippen LogP contribution in [0, 0.1) is 0 Å². The molecule has 0 aliphatic heterocycles. The molecule has 0 aliphatic rings. The summed E-state index contributed by atoms with van der Waals surface area (Å²) in [6, 6.07) is 101. The van der Waals surface area contributed by atoms with Gasteiger partial charge in [-0.05, 0) is 133 Å². The van der Waals surface area contributed by atoms with Crippen LogP contribution in [0.4, 0.5) is 17.1 Å².